The summed E-state index contributed by atoms with van der Waals surface area (Å²) in [5.41, 5.74) is 6.64. The summed E-state index contributed by atoms with van der Waals surface area (Å²) in [6.45, 7) is 7.07. The molecule has 1 aliphatic rings. The molecule has 0 unspecified atom stereocenters. The predicted molar refractivity (Wildman–Crippen MR) is 79.1 cm³/mol. The highest BCUT2D eigenvalue weighted by Crippen LogP contribution is 2.23. The van der Waals surface area contributed by atoms with E-state index in [-0.39, 0.29) is 0 Å². The van der Waals surface area contributed by atoms with E-state index in [0.29, 0.717) is 38.1 Å². The Kier molecular flexibility index (Phi) is 7.01. The molecule has 0 aromatic heterocycles. The summed E-state index contributed by atoms with van der Waals surface area (Å²) in [6.07, 6.45) is -1.58. The Labute approximate surface area is 124 Å². The van der Waals surface area contributed by atoms with Crippen LogP contribution in [0.15, 0.2) is 17.1 Å². The lowest BCUT2D eigenvalue weighted by Crippen LogP contribution is -2.41. The van der Waals surface area contributed by atoms with Crippen LogP contribution in [0.25, 0.3) is 0 Å². The molecule has 7 heteroatoms. The number of halogens is 3. The molecule has 1 aliphatic heterocycles. The lowest BCUT2D eigenvalue weighted by Gasteiger charge is -2.32. The van der Waals surface area contributed by atoms with E-state index in [1.54, 1.807) is 0 Å². The molecule has 0 aliphatic carbocycles. The topological polar surface area (TPSA) is 53.6 Å². The van der Waals surface area contributed by atoms with Crippen LogP contribution in [0.5, 0.6) is 0 Å². The van der Waals surface area contributed by atoms with Crippen molar-refractivity contribution in [2.45, 2.75) is 32.4 Å². The van der Waals surface area contributed by atoms with Crippen LogP contribution in [-0.2, 0) is 0 Å². The van der Waals surface area contributed by atoms with Gasteiger partial charge in [-0.1, -0.05) is 12.2 Å². The second-order valence-electron chi connectivity index (χ2n) is 5.71. The molecule has 0 aromatic rings. The van der Waals surface area contributed by atoms with Gasteiger partial charge in [-0.15, -0.1) is 0 Å². The van der Waals surface area contributed by atoms with E-state index >= 15 is 0 Å². The molecule has 0 atom stereocenters. The number of hydrogen-bond donors (Lipinski definition) is 2. The van der Waals surface area contributed by atoms with E-state index in [1.165, 1.54) is 4.90 Å². The first-order valence-electron chi connectivity index (χ1n) is 7.23. The molecule has 0 aromatic carbocycles. The molecule has 1 rings (SSSR count). The molecule has 4 nitrogen and oxygen atoms in total. The molecular weight excluding hydrogens is 281 g/mol. The summed E-state index contributed by atoms with van der Waals surface area (Å²) in [5, 5.41) is 3.03. The minimum Gasteiger partial charge on any atom is -0.370 e. The molecule has 0 spiro atoms. The summed E-state index contributed by atoms with van der Waals surface area (Å²) < 4.78 is 36.8. The number of aliphatic imine (C=N–C) groups is 1. The Morgan fingerprint density at radius 2 is 2.00 bits per heavy atom. The molecule has 3 N–H and O–H groups in total. The average molecular weight is 306 g/mol. The Hall–Kier alpha value is -1.24. The second kappa shape index (κ2) is 8.26. The van der Waals surface area contributed by atoms with Crippen LogP contribution in [0.2, 0.25) is 0 Å². The van der Waals surface area contributed by atoms with Gasteiger partial charge in [0.05, 0.1) is 13.1 Å². The Balaban J connectivity index is 2.16. The van der Waals surface area contributed by atoms with Gasteiger partial charge in [-0.2, -0.15) is 13.2 Å². The predicted octanol–water partition coefficient (Wildman–Crippen LogP) is 2.13. The first-order valence-corrected chi connectivity index (χ1v) is 7.23. The Morgan fingerprint density at radius 1 is 1.38 bits per heavy atom. The molecule has 0 bridgehead atoms. The summed E-state index contributed by atoms with van der Waals surface area (Å²) >= 11 is 0. The van der Waals surface area contributed by atoms with Crippen molar-refractivity contribution >= 4 is 5.96 Å². The minimum atomic E-state index is -4.09. The van der Waals surface area contributed by atoms with Gasteiger partial charge in [0, 0.05) is 6.54 Å². The van der Waals surface area contributed by atoms with Crippen LogP contribution in [0.3, 0.4) is 0 Å². The standard InChI is InChI=1S/C14H25F3N4/c1-11(2)9-20-13(18)19-6-3-12-4-7-21(8-5-12)10-14(15,16)17/h12H,1,3-10H2,2H3,(H3,18,19,20). The van der Waals surface area contributed by atoms with E-state index < -0.39 is 12.7 Å². The number of hydrogen-bond acceptors (Lipinski definition) is 2. The quantitative estimate of drug-likeness (QED) is 0.449. The molecular formula is C14H25F3N4. The lowest BCUT2D eigenvalue weighted by molar-refractivity contribution is -0.148. The van der Waals surface area contributed by atoms with E-state index in [1.807, 2.05) is 6.92 Å². The normalized spacial score (nSPS) is 18.8. The summed E-state index contributed by atoms with van der Waals surface area (Å²) in [6, 6.07) is 0. The zero-order valence-corrected chi connectivity index (χ0v) is 12.5. The van der Waals surface area contributed by atoms with E-state index in [4.69, 9.17) is 5.73 Å². The highest BCUT2D eigenvalue weighted by molar-refractivity contribution is 5.77. The largest absolute Gasteiger partial charge is 0.401 e. The molecule has 0 saturated carbocycles. The van der Waals surface area contributed by atoms with Gasteiger partial charge in [-0.05, 0) is 45.2 Å². The lowest BCUT2D eigenvalue weighted by atomic mass is 9.93. The molecule has 1 saturated heterocycles. The molecule has 0 radical (unpaired) electrons. The molecule has 1 heterocycles. The second-order valence-corrected chi connectivity index (χ2v) is 5.71. The SMILES string of the molecule is C=C(C)CN=C(N)NCCC1CCN(CC(F)(F)F)CC1. The maximum atomic E-state index is 12.3. The van der Waals surface area contributed by atoms with Crippen LogP contribution in [0, 0.1) is 5.92 Å². The zero-order chi connectivity index (χ0) is 15.9. The summed E-state index contributed by atoms with van der Waals surface area (Å²) in [5.74, 6) is 0.850. The number of rotatable bonds is 6. The van der Waals surface area contributed by atoms with Crippen molar-refractivity contribution in [1.82, 2.24) is 10.2 Å². The number of alkyl halides is 3. The zero-order valence-electron chi connectivity index (χ0n) is 12.5. The third kappa shape index (κ3) is 8.60. The van der Waals surface area contributed by atoms with Gasteiger partial charge in [-0.25, -0.2) is 4.99 Å². The number of piperidine rings is 1. The van der Waals surface area contributed by atoms with Crippen LogP contribution < -0.4 is 11.1 Å². The van der Waals surface area contributed by atoms with Crippen molar-refractivity contribution in [2.24, 2.45) is 16.6 Å². The Bertz CT molecular complexity index is 358. The number of nitrogens with zero attached hydrogens (tertiary/aromatic N) is 2. The average Bonchev–Trinajstić information content (AvgIpc) is 2.37. The molecule has 0 amide bonds. The monoisotopic (exact) mass is 306 g/mol. The van der Waals surface area contributed by atoms with Crippen molar-refractivity contribution in [2.75, 3.05) is 32.7 Å². The van der Waals surface area contributed by atoms with Gasteiger partial charge in [0.2, 0.25) is 0 Å². The van der Waals surface area contributed by atoms with Crippen LogP contribution in [0.4, 0.5) is 13.2 Å². The third-order valence-electron chi connectivity index (χ3n) is 3.49. The van der Waals surface area contributed by atoms with Gasteiger partial charge >= 0.3 is 6.18 Å². The van der Waals surface area contributed by atoms with Crippen LogP contribution >= 0.6 is 0 Å². The van der Waals surface area contributed by atoms with Crippen molar-refractivity contribution < 1.29 is 13.2 Å². The van der Waals surface area contributed by atoms with Gasteiger partial charge < -0.3 is 11.1 Å². The first kappa shape index (κ1) is 17.8. The van der Waals surface area contributed by atoms with Gasteiger partial charge in [-0.3, -0.25) is 4.90 Å². The van der Waals surface area contributed by atoms with Gasteiger partial charge in [0.15, 0.2) is 5.96 Å². The summed E-state index contributed by atoms with van der Waals surface area (Å²) in [7, 11) is 0. The van der Waals surface area contributed by atoms with Gasteiger partial charge in [0.1, 0.15) is 0 Å². The maximum absolute atomic E-state index is 12.3. The maximum Gasteiger partial charge on any atom is 0.401 e. The summed E-state index contributed by atoms with van der Waals surface area (Å²) in [4.78, 5) is 5.59. The number of guanidine groups is 1. The van der Waals surface area contributed by atoms with Crippen molar-refractivity contribution in [3.63, 3.8) is 0 Å². The molecule has 122 valence electrons. The minimum absolute atomic E-state index is 0.396. The highest BCUT2D eigenvalue weighted by atomic mass is 19.4. The molecule has 21 heavy (non-hydrogen) atoms. The van der Waals surface area contributed by atoms with E-state index in [9.17, 15) is 13.2 Å². The number of nitrogens with one attached hydrogen (secondary N) is 1. The van der Waals surface area contributed by atoms with E-state index in [2.05, 4.69) is 16.9 Å². The first-order chi connectivity index (χ1) is 9.76. The fraction of sp³-hybridized carbons (Fsp3) is 0.786. The van der Waals surface area contributed by atoms with Crippen molar-refractivity contribution in [1.29, 1.82) is 0 Å². The van der Waals surface area contributed by atoms with Crippen LogP contribution in [-0.4, -0.2) is 49.8 Å². The smallest absolute Gasteiger partial charge is 0.370 e. The third-order valence-corrected chi connectivity index (χ3v) is 3.49. The highest BCUT2D eigenvalue weighted by Gasteiger charge is 2.32. The fourth-order valence-electron chi connectivity index (χ4n) is 2.37. The van der Waals surface area contributed by atoms with Crippen molar-refractivity contribution in [3.05, 3.63) is 12.2 Å². The van der Waals surface area contributed by atoms with Crippen LogP contribution in [0.1, 0.15) is 26.2 Å². The van der Waals surface area contributed by atoms with E-state index in [0.717, 1.165) is 24.8 Å². The fourth-order valence-corrected chi connectivity index (χ4v) is 2.37. The Morgan fingerprint density at radius 3 is 2.52 bits per heavy atom. The number of nitrogens with two attached hydrogens (primary N) is 1. The van der Waals surface area contributed by atoms with Gasteiger partial charge in [0.25, 0.3) is 0 Å². The number of likely N-dealkylation sites (tertiary alicyclic amines) is 1. The molecule has 1 fully saturated rings. The van der Waals surface area contributed by atoms with Crippen molar-refractivity contribution in [3.8, 4) is 0 Å².